The number of benzene rings is 1. The van der Waals surface area contributed by atoms with Crippen LogP contribution < -0.4 is 0 Å². The molecule has 1 saturated carbocycles. The first-order chi connectivity index (χ1) is 9.62. The molecule has 3 rings (SSSR count). The highest BCUT2D eigenvalue weighted by atomic mass is 16.4. The van der Waals surface area contributed by atoms with Crippen molar-refractivity contribution in [1.29, 1.82) is 0 Å². The van der Waals surface area contributed by atoms with Gasteiger partial charge in [-0.05, 0) is 25.7 Å². The van der Waals surface area contributed by atoms with Crippen LogP contribution in [0.5, 0.6) is 0 Å². The van der Waals surface area contributed by atoms with Gasteiger partial charge in [-0.25, -0.2) is 0 Å². The van der Waals surface area contributed by atoms with Crippen molar-refractivity contribution in [3.63, 3.8) is 0 Å². The molecule has 1 aromatic rings. The minimum absolute atomic E-state index is 0.263. The van der Waals surface area contributed by atoms with Crippen LogP contribution >= 0.6 is 0 Å². The predicted octanol–water partition coefficient (Wildman–Crippen LogP) is 1.67. The average Bonchev–Trinajstić information content (AvgIpc) is 3.01. The Morgan fingerprint density at radius 2 is 1.90 bits per heavy atom. The molecule has 0 radical (unpaired) electrons. The van der Waals surface area contributed by atoms with Gasteiger partial charge in [0.15, 0.2) is 0 Å². The molecule has 1 aromatic carbocycles. The molecular weight excluding hydrogens is 256 g/mol. The Bertz CT molecular complexity index is 574. The van der Waals surface area contributed by atoms with Crippen molar-refractivity contribution >= 4 is 17.6 Å². The highest BCUT2D eigenvalue weighted by molar-refractivity contribution is 6.47. The molecule has 5 heteroatoms. The summed E-state index contributed by atoms with van der Waals surface area (Å²) in [6.07, 6.45) is 3.47. The molecule has 0 unspecified atom stereocenters. The molecule has 1 N–H and O–H groups in total. The van der Waals surface area contributed by atoms with Crippen LogP contribution in [0.2, 0.25) is 0 Å². The number of hydrogen-bond donors (Lipinski definition) is 1. The number of hydrogen-bond acceptors (Lipinski definition) is 3. The smallest absolute Gasteiger partial charge is 0.323 e. The molecule has 1 amide bonds. The molecule has 0 atom stereocenters. The van der Waals surface area contributed by atoms with Gasteiger partial charge in [0.1, 0.15) is 17.9 Å². The topological polar surface area (TPSA) is 70.0 Å². The fraction of sp³-hybridized carbons (Fsp3) is 0.400. The third kappa shape index (κ3) is 1.99. The summed E-state index contributed by atoms with van der Waals surface area (Å²) in [6, 6.07) is 9.26. The predicted molar refractivity (Wildman–Crippen MR) is 73.5 cm³/mol. The molecule has 5 nitrogen and oxygen atoms in total. The monoisotopic (exact) mass is 272 g/mol. The highest BCUT2D eigenvalue weighted by Gasteiger charge is 2.49. The number of aliphatic imine (C=N–C) groups is 1. The van der Waals surface area contributed by atoms with Crippen LogP contribution in [-0.4, -0.2) is 39.8 Å². The molecule has 0 aromatic heterocycles. The molecule has 1 fully saturated rings. The minimum Gasteiger partial charge on any atom is -0.480 e. The van der Waals surface area contributed by atoms with Crippen LogP contribution in [0.25, 0.3) is 0 Å². The SMILES string of the molecule is O=C(O)CN1C(=O)C(c2ccccc2)=NC12CCCC2. The molecule has 1 aliphatic heterocycles. The van der Waals surface area contributed by atoms with E-state index in [1.165, 1.54) is 4.90 Å². The Hall–Kier alpha value is -2.17. The van der Waals surface area contributed by atoms with Crippen LogP contribution in [0.1, 0.15) is 31.2 Å². The second kappa shape index (κ2) is 4.74. The first kappa shape index (κ1) is 12.8. The number of amides is 1. The summed E-state index contributed by atoms with van der Waals surface area (Å²) in [7, 11) is 0. The van der Waals surface area contributed by atoms with E-state index in [9.17, 15) is 9.59 Å². The largest absolute Gasteiger partial charge is 0.480 e. The second-order valence-corrected chi connectivity index (χ2v) is 5.30. The van der Waals surface area contributed by atoms with Crippen molar-refractivity contribution in [1.82, 2.24) is 4.90 Å². The summed E-state index contributed by atoms with van der Waals surface area (Å²) in [5, 5.41) is 9.05. The zero-order valence-electron chi connectivity index (χ0n) is 11.1. The van der Waals surface area contributed by atoms with Crippen molar-refractivity contribution in [2.24, 2.45) is 4.99 Å². The van der Waals surface area contributed by atoms with Crippen LogP contribution in [0.3, 0.4) is 0 Å². The zero-order valence-corrected chi connectivity index (χ0v) is 11.1. The first-order valence-electron chi connectivity index (χ1n) is 6.81. The van der Waals surface area contributed by atoms with Crippen molar-refractivity contribution in [3.8, 4) is 0 Å². The Kier molecular flexibility index (Phi) is 3.04. The van der Waals surface area contributed by atoms with E-state index < -0.39 is 11.6 Å². The van der Waals surface area contributed by atoms with Gasteiger partial charge in [0, 0.05) is 5.56 Å². The third-order valence-electron chi connectivity index (χ3n) is 4.01. The molecule has 20 heavy (non-hydrogen) atoms. The lowest BCUT2D eigenvalue weighted by Crippen LogP contribution is -2.47. The quantitative estimate of drug-likeness (QED) is 0.910. The van der Waals surface area contributed by atoms with E-state index >= 15 is 0 Å². The van der Waals surface area contributed by atoms with E-state index in [0.717, 1.165) is 31.2 Å². The van der Waals surface area contributed by atoms with Gasteiger partial charge in [-0.1, -0.05) is 30.3 Å². The number of carboxylic acids is 1. The molecular formula is C15H16N2O3. The van der Waals surface area contributed by atoms with Gasteiger partial charge in [-0.2, -0.15) is 0 Å². The summed E-state index contributed by atoms with van der Waals surface area (Å²) in [4.78, 5) is 29.6. The number of carbonyl (C=O) groups excluding carboxylic acids is 1. The van der Waals surface area contributed by atoms with Crippen molar-refractivity contribution in [3.05, 3.63) is 35.9 Å². The normalized spacial score (nSPS) is 20.5. The molecule has 1 aliphatic carbocycles. The van der Waals surface area contributed by atoms with Gasteiger partial charge >= 0.3 is 5.97 Å². The number of aliphatic carboxylic acids is 1. The van der Waals surface area contributed by atoms with Gasteiger partial charge in [0.25, 0.3) is 5.91 Å². The maximum absolute atomic E-state index is 12.5. The maximum Gasteiger partial charge on any atom is 0.323 e. The molecule has 104 valence electrons. The lowest BCUT2D eigenvalue weighted by atomic mass is 10.1. The number of nitrogens with zero attached hydrogens (tertiary/aromatic N) is 2. The van der Waals surface area contributed by atoms with Gasteiger partial charge in [-0.3, -0.25) is 14.6 Å². The fourth-order valence-corrected chi connectivity index (χ4v) is 3.09. The van der Waals surface area contributed by atoms with Gasteiger partial charge in [0.2, 0.25) is 0 Å². The molecule has 0 bridgehead atoms. The van der Waals surface area contributed by atoms with E-state index in [2.05, 4.69) is 4.99 Å². The van der Waals surface area contributed by atoms with Crippen LogP contribution in [0, 0.1) is 0 Å². The Labute approximate surface area is 116 Å². The number of rotatable bonds is 3. The van der Waals surface area contributed by atoms with Crippen LogP contribution in [0.4, 0.5) is 0 Å². The van der Waals surface area contributed by atoms with E-state index in [1.54, 1.807) is 0 Å². The molecule has 2 aliphatic rings. The fourth-order valence-electron chi connectivity index (χ4n) is 3.09. The first-order valence-corrected chi connectivity index (χ1v) is 6.81. The van der Waals surface area contributed by atoms with Crippen molar-refractivity contribution in [2.75, 3.05) is 6.54 Å². The van der Waals surface area contributed by atoms with Gasteiger partial charge in [-0.15, -0.1) is 0 Å². The van der Waals surface area contributed by atoms with Gasteiger partial charge in [0.05, 0.1) is 0 Å². The number of carbonyl (C=O) groups is 2. The van der Waals surface area contributed by atoms with E-state index in [1.807, 2.05) is 30.3 Å². The average molecular weight is 272 g/mol. The molecule has 0 saturated heterocycles. The van der Waals surface area contributed by atoms with Gasteiger partial charge < -0.3 is 10.0 Å². The summed E-state index contributed by atoms with van der Waals surface area (Å²) in [5.41, 5.74) is 0.533. The standard InChI is InChI=1S/C15H16N2O3/c18-12(19)10-17-14(20)13(11-6-2-1-3-7-11)16-15(17)8-4-5-9-15/h1-3,6-7H,4-5,8-10H2,(H,18,19). The Morgan fingerprint density at radius 3 is 2.50 bits per heavy atom. The minimum atomic E-state index is -0.992. The van der Waals surface area contributed by atoms with Crippen LogP contribution in [-0.2, 0) is 9.59 Å². The van der Waals surface area contributed by atoms with Crippen molar-refractivity contribution in [2.45, 2.75) is 31.3 Å². The zero-order chi connectivity index (χ0) is 14.2. The molecule has 1 heterocycles. The van der Waals surface area contributed by atoms with E-state index in [0.29, 0.717) is 5.71 Å². The second-order valence-electron chi connectivity index (χ2n) is 5.30. The molecule has 1 spiro atoms. The summed E-state index contributed by atoms with van der Waals surface area (Å²) in [6.45, 7) is -0.279. The van der Waals surface area contributed by atoms with Crippen LogP contribution in [0.15, 0.2) is 35.3 Å². The number of carboxylic acid groups (broad SMARTS) is 1. The van der Waals surface area contributed by atoms with E-state index in [-0.39, 0.29) is 12.5 Å². The van der Waals surface area contributed by atoms with Crippen molar-refractivity contribution < 1.29 is 14.7 Å². The lowest BCUT2D eigenvalue weighted by molar-refractivity contribution is -0.144. The Balaban J connectivity index is 2.00. The maximum atomic E-state index is 12.5. The lowest BCUT2D eigenvalue weighted by Gasteiger charge is -2.31. The third-order valence-corrected chi connectivity index (χ3v) is 4.01. The summed E-state index contributed by atoms with van der Waals surface area (Å²) < 4.78 is 0. The summed E-state index contributed by atoms with van der Waals surface area (Å²) in [5.74, 6) is -1.25. The van der Waals surface area contributed by atoms with E-state index in [4.69, 9.17) is 5.11 Å². The summed E-state index contributed by atoms with van der Waals surface area (Å²) >= 11 is 0. The Morgan fingerprint density at radius 1 is 1.25 bits per heavy atom. The highest BCUT2D eigenvalue weighted by Crippen LogP contribution is 2.40.